The van der Waals surface area contributed by atoms with Crippen molar-refractivity contribution in [2.75, 3.05) is 6.54 Å². The summed E-state index contributed by atoms with van der Waals surface area (Å²) in [6.07, 6.45) is 0.902. The van der Waals surface area contributed by atoms with Crippen molar-refractivity contribution in [1.82, 2.24) is 4.72 Å². The Balaban J connectivity index is 3.05. The van der Waals surface area contributed by atoms with Crippen molar-refractivity contribution < 1.29 is 17.9 Å². The van der Waals surface area contributed by atoms with Gasteiger partial charge < -0.3 is 9.52 Å². The average Bonchev–Trinajstić information content (AvgIpc) is 2.61. The maximum absolute atomic E-state index is 12.2. The van der Waals surface area contributed by atoms with Gasteiger partial charge in [-0.1, -0.05) is 20.3 Å². The largest absolute Gasteiger partial charge is 0.465 e. The molecule has 0 radical (unpaired) electrons. The van der Waals surface area contributed by atoms with Crippen LogP contribution in [0.1, 0.15) is 37.4 Å². The molecule has 0 saturated carbocycles. The van der Waals surface area contributed by atoms with E-state index in [1.165, 1.54) is 0 Å². The van der Waals surface area contributed by atoms with Gasteiger partial charge in [0.05, 0.1) is 6.61 Å². The van der Waals surface area contributed by atoms with Crippen LogP contribution < -0.4 is 4.72 Å². The van der Waals surface area contributed by atoms with E-state index in [2.05, 4.69) is 4.72 Å². The Labute approximate surface area is 108 Å². The molecule has 0 aliphatic rings. The molecule has 0 amide bonds. The predicted octanol–water partition coefficient (Wildman–Crippen LogP) is 1.71. The smallest absolute Gasteiger partial charge is 0.244 e. The molecule has 1 heterocycles. The van der Waals surface area contributed by atoms with Gasteiger partial charge in [0.15, 0.2) is 0 Å². The average molecular weight is 275 g/mol. The first-order valence-corrected chi connectivity index (χ1v) is 7.51. The van der Waals surface area contributed by atoms with Crippen molar-refractivity contribution in [3.63, 3.8) is 0 Å². The van der Waals surface area contributed by atoms with Crippen molar-refractivity contribution in [2.24, 2.45) is 5.92 Å². The van der Waals surface area contributed by atoms with Gasteiger partial charge in [0.25, 0.3) is 0 Å². The molecule has 6 heteroatoms. The summed E-state index contributed by atoms with van der Waals surface area (Å²) >= 11 is 0. The van der Waals surface area contributed by atoms with Gasteiger partial charge in [-0.3, -0.25) is 0 Å². The van der Waals surface area contributed by atoms with Crippen molar-refractivity contribution in [2.45, 2.75) is 45.6 Å². The number of rotatable bonds is 6. The molecule has 1 atom stereocenters. The number of hydrogen-bond donors (Lipinski definition) is 2. The highest BCUT2D eigenvalue weighted by atomic mass is 32.2. The van der Waals surface area contributed by atoms with Gasteiger partial charge in [-0.25, -0.2) is 13.1 Å². The van der Waals surface area contributed by atoms with E-state index in [0.29, 0.717) is 23.6 Å². The molecule has 0 aliphatic heterocycles. The van der Waals surface area contributed by atoms with E-state index in [-0.39, 0.29) is 17.4 Å². The number of hydrogen-bond acceptors (Lipinski definition) is 4. The summed E-state index contributed by atoms with van der Waals surface area (Å²) in [5.74, 6) is 1.03. The van der Waals surface area contributed by atoms with E-state index >= 15 is 0 Å². The number of aliphatic hydroxyl groups is 1. The van der Waals surface area contributed by atoms with Crippen LogP contribution in [0, 0.1) is 19.8 Å². The van der Waals surface area contributed by atoms with E-state index in [0.717, 1.165) is 6.42 Å². The molecule has 5 nitrogen and oxygen atoms in total. The Morgan fingerprint density at radius 3 is 2.44 bits per heavy atom. The van der Waals surface area contributed by atoms with E-state index in [4.69, 9.17) is 4.42 Å². The summed E-state index contributed by atoms with van der Waals surface area (Å²) in [4.78, 5) is 0.0748. The Kier molecular flexibility index (Phi) is 4.95. The maximum Gasteiger partial charge on any atom is 0.244 e. The standard InChI is InChI=1S/C12H21NO4S/c1-5-8(2)6-13-18(15,16)12-10(4)17-9(3)11(12)7-14/h8,13-14H,5-7H2,1-4H3. The second-order valence-corrected chi connectivity index (χ2v) is 6.25. The Bertz CT molecular complexity index is 504. The summed E-state index contributed by atoms with van der Waals surface area (Å²) in [5, 5.41) is 9.25. The minimum absolute atomic E-state index is 0.0748. The monoisotopic (exact) mass is 275 g/mol. The molecule has 1 aromatic rings. The van der Waals surface area contributed by atoms with Gasteiger partial charge in [-0.15, -0.1) is 0 Å². The van der Waals surface area contributed by atoms with Crippen LogP contribution in [0.2, 0.25) is 0 Å². The SMILES string of the molecule is CCC(C)CNS(=O)(=O)c1c(C)oc(C)c1CO. The van der Waals surface area contributed by atoms with Crippen LogP contribution in [-0.4, -0.2) is 20.1 Å². The zero-order valence-electron chi connectivity index (χ0n) is 11.3. The van der Waals surface area contributed by atoms with E-state index in [9.17, 15) is 13.5 Å². The van der Waals surface area contributed by atoms with Crippen LogP contribution in [0.5, 0.6) is 0 Å². The Hall–Kier alpha value is -0.850. The number of nitrogens with one attached hydrogen (secondary N) is 1. The summed E-state index contributed by atoms with van der Waals surface area (Å²) in [6.45, 7) is 7.25. The molecule has 0 fully saturated rings. The third-order valence-electron chi connectivity index (χ3n) is 3.07. The predicted molar refractivity (Wildman–Crippen MR) is 68.7 cm³/mol. The molecule has 0 aromatic carbocycles. The lowest BCUT2D eigenvalue weighted by Crippen LogP contribution is -2.29. The molecule has 0 spiro atoms. The molecular weight excluding hydrogens is 254 g/mol. The molecule has 1 aromatic heterocycles. The number of furan rings is 1. The second-order valence-electron chi connectivity index (χ2n) is 4.55. The highest BCUT2D eigenvalue weighted by Gasteiger charge is 2.26. The molecule has 1 rings (SSSR count). The number of aliphatic hydroxyl groups excluding tert-OH is 1. The fourth-order valence-corrected chi connectivity index (χ4v) is 3.31. The first kappa shape index (κ1) is 15.2. The third kappa shape index (κ3) is 3.13. The molecule has 1 unspecified atom stereocenters. The molecule has 0 saturated heterocycles. The first-order chi connectivity index (χ1) is 8.33. The van der Waals surface area contributed by atoms with Crippen LogP contribution in [0.25, 0.3) is 0 Å². The van der Waals surface area contributed by atoms with Crippen molar-refractivity contribution in [1.29, 1.82) is 0 Å². The van der Waals surface area contributed by atoms with Gasteiger partial charge in [-0.05, 0) is 19.8 Å². The van der Waals surface area contributed by atoms with Crippen LogP contribution >= 0.6 is 0 Å². The van der Waals surface area contributed by atoms with Gasteiger partial charge in [0.2, 0.25) is 10.0 Å². The second kappa shape index (κ2) is 5.86. The Morgan fingerprint density at radius 1 is 1.33 bits per heavy atom. The van der Waals surface area contributed by atoms with Gasteiger partial charge in [0.1, 0.15) is 16.4 Å². The summed E-state index contributed by atoms with van der Waals surface area (Å²) in [7, 11) is -3.62. The zero-order chi connectivity index (χ0) is 13.9. The van der Waals surface area contributed by atoms with Gasteiger partial charge >= 0.3 is 0 Å². The van der Waals surface area contributed by atoms with E-state index in [1.54, 1.807) is 13.8 Å². The fourth-order valence-electron chi connectivity index (χ4n) is 1.71. The maximum atomic E-state index is 12.2. The van der Waals surface area contributed by atoms with Crippen LogP contribution in [-0.2, 0) is 16.6 Å². The zero-order valence-corrected chi connectivity index (χ0v) is 12.1. The minimum Gasteiger partial charge on any atom is -0.465 e. The lowest BCUT2D eigenvalue weighted by Gasteiger charge is -2.11. The topological polar surface area (TPSA) is 79.5 Å². The summed E-state index contributed by atoms with van der Waals surface area (Å²) in [5.41, 5.74) is 0.337. The molecule has 0 aliphatic carbocycles. The first-order valence-electron chi connectivity index (χ1n) is 6.02. The van der Waals surface area contributed by atoms with Crippen LogP contribution in [0.15, 0.2) is 9.31 Å². The van der Waals surface area contributed by atoms with Crippen molar-refractivity contribution in [3.05, 3.63) is 17.1 Å². The van der Waals surface area contributed by atoms with E-state index < -0.39 is 10.0 Å². The lowest BCUT2D eigenvalue weighted by molar-refractivity contribution is 0.276. The normalized spacial score (nSPS) is 13.8. The molecule has 0 bridgehead atoms. The fraction of sp³-hybridized carbons (Fsp3) is 0.667. The summed E-state index contributed by atoms with van der Waals surface area (Å²) < 4.78 is 32.2. The number of sulfonamides is 1. The van der Waals surface area contributed by atoms with Crippen molar-refractivity contribution >= 4 is 10.0 Å². The molecular formula is C12H21NO4S. The Morgan fingerprint density at radius 2 is 1.94 bits per heavy atom. The highest BCUT2D eigenvalue weighted by molar-refractivity contribution is 7.89. The molecule has 18 heavy (non-hydrogen) atoms. The minimum atomic E-state index is -3.62. The lowest BCUT2D eigenvalue weighted by atomic mass is 10.1. The van der Waals surface area contributed by atoms with Crippen molar-refractivity contribution in [3.8, 4) is 0 Å². The van der Waals surface area contributed by atoms with E-state index in [1.807, 2.05) is 13.8 Å². The highest BCUT2D eigenvalue weighted by Crippen LogP contribution is 2.26. The molecule has 104 valence electrons. The number of aryl methyl sites for hydroxylation is 2. The quantitative estimate of drug-likeness (QED) is 0.828. The van der Waals surface area contributed by atoms with Crippen LogP contribution in [0.4, 0.5) is 0 Å². The van der Waals surface area contributed by atoms with Gasteiger partial charge in [0, 0.05) is 12.1 Å². The molecule has 2 N–H and O–H groups in total. The third-order valence-corrected chi connectivity index (χ3v) is 4.69. The van der Waals surface area contributed by atoms with Gasteiger partial charge in [-0.2, -0.15) is 0 Å². The summed E-state index contributed by atoms with van der Waals surface area (Å²) in [6, 6.07) is 0. The van der Waals surface area contributed by atoms with Crippen LogP contribution in [0.3, 0.4) is 0 Å².